The fraction of sp³-hybridized carbons (Fsp3) is 0.450. The summed E-state index contributed by atoms with van der Waals surface area (Å²) >= 11 is 0. The molecule has 8 nitrogen and oxygen atoms in total. The van der Waals surface area contributed by atoms with Gasteiger partial charge in [-0.25, -0.2) is 22.7 Å². The van der Waals surface area contributed by atoms with E-state index in [1.165, 1.54) is 10.5 Å². The van der Waals surface area contributed by atoms with E-state index in [9.17, 15) is 13.2 Å². The summed E-state index contributed by atoms with van der Waals surface area (Å²) in [5.41, 5.74) is 1.27. The topological polar surface area (TPSA) is 119 Å². The van der Waals surface area contributed by atoms with Crippen molar-refractivity contribution in [3.05, 3.63) is 47.8 Å². The molecule has 3 rings (SSSR count). The molecule has 1 saturated carbocycles. The minimum absolute atomic E-state index is 0. The number of methoxy groups -OCH3 is 1. The van der Waals surface area contributed by atoms with Gasteiger partial charge in [-0.2, -0.15) is 0 Å². The van der Waals surface area contributed by atoms with Gasteiger partial charge in [0.1, 0.15) is 5.75 Å². The van der Waals surface area contributed by atoms with Crippen LogP contribution in [0.3, 0.4) is 0 Å². The van der Waals surface area contributed by atoms with Gasteiger partial charge in [0.15, 0.2) is 0 Å². The van der Waals surface area contributed by atoms with Crippen LogP contribution in [0.1, 0.15) is 43.9 Å². The fourth-order valence-corrected chi connectivity index (χ4v) is 4.65. The Kier molecular flexibility index (Phi) is 10.5. The predicted molar refractivity (Wildman–Crippen MR) is 108 cm³/mol. The number of hydrogen-bond acceptors (Lipinski definition) is 7. The SMILES string of the molecule is COc1ccc(CN(c2nccc(C([C-]=O)C(C)C)n2)S(=O)(=O)C2CC2)cc1.[K+].[OH-]. The smallest absolute Gasteiger partial charge is 0.870 e. The third kappa shape index (κ3) is 6.32. The molecular weight excluding hydrogens is 433 g/mol. The zero-order chi connectivity index (χ0) is 20.3. The molecule has 30 heavy (non-hydrogen) atoms. The second-order valence-electron chi connectivity index (χ2n) is 7.22. The third-order valence-electron chi connectivity index (χ3n) is 4.74. The van der Waals surface area contributed by atoms with Crippen LogP contribution in [0.5, 0.6) is 5.75 Å². The summed E-state index contributed by atoms with van der Waals surface area (Å²) in [5, 5.41) is -0.406. The van der Waals surface area contributed by atoms with Gasteiger partial charge in [0.05, 0.1) is 18.9 Å². The number of benzene rings is 1. The van der Waals surface area contributed by atoms with Gasteiger partial charge in [0.25, 0.3) is 0 Å². The van der Waals surface area contributed by atoms with Crippen molar-refractivity contribution in [3.63, 3.8) is 0 Å². The molecule has 1 fully saturated rings. The quantitative estimate of drug-likeness (QED) is 0.372. The zero-order valence-corrected chi connectivity index (χ0v) is 21.6. The van der Waals surface area contributed by atoms with Crippen LogP contribution in [0.4, 0.5) is 5.95 Å². The molecule has 10 heteroatoms. The molecule has 2 aromatic rings. The molecular formula is C20H25KN3O5S-. The van der Waals surface area contributed by atoms with Gasteiger partial charge < -0.3 is 15.0 Å². The summed E-state index contributed by atoms with van der Waals surface area (Å²) in [6, 6.07) is 8.83. The van der Waals surface area contributed by atoms with E-state index >= 15 is 0 Å². The molecule has 1 aromatic heterocycles. The maximum atomic E-state index is 13.0. The number of ether oxygens (including phenoxy) is 1. The molecule has 0 spiro atoms. The largest absolute Gasteiger partial charge is 1.00 e. The van der Waals surface area contributed by atoms with Crippen molar-refractivity contribution in [1.29, 1.82) is 0 Å². The first-order valence-electron chi connectivity index (χ1n) is 9.22. The Morgan fingerprint density at radius 2 is 1.83 bits per heavy atom. The number of aromatic nitrogens is 2. The van der Waals surface area contributed by atoms with E-state index < -0.39 is 21.2 Å². The minimum Gasteiger partial charge on any atom is -0.870 e. The summed E-state index contributed by atoms with van der Waals surface area (Å²) in [4.78, 5) is 20.0. The van der Waals surface area contributed by atoms with E-state index in [1.54, 1.807) is 25.3 Å². The number of sulfonamides is 1. The molecule has 0 bridgehead atoms. The summed E-state index contributed by atoms with van der Waals surface area (Å²) in [5.74, 6) is 0.240. The molecule has 0 saturated heterocycles. The number of rotatable bonds is 9. The summed E-state index contributed by atoms with van der Waals surface area (Å²) in [6.45, 7) is 3.91. The molecule has 158 valence electrons. The van der Waals surface area contributed by atoms with Crippen molar-refractivity contribution in [2.75, 3.05) is 11.4 Å². The Morgan fingerprint density at radius 1 is 1.20 bits per heavy atom. The number of carbonyl (C=O) groups excluding carboxylic acids is 1. The Hall–Kier alpha value is -0.884. The van der Waals surface area contributed by atoms with Crippen LogP contribution in [0.15, 0.2) is 36.5 Å². The summed E-state index contributed by atoms with van der Waals surface area (Å²) < 4.78 is 32.5. The maximum absolute atomic E-state index is 13.0. The monoisotopic (exact) mass is 458 g/mol. The van der Waals surface area contributed by atoms with Crippen molar-refractivity contribution in [2.24, 2.45) is 5.92 Å². The van der Waals surface area contributed by atoms with E-state index in [0.29, 0.717) is 24.3 Å². The zero-order valence-electron chi connectivity index (χ0n) is 17.6. The summed E-state index contributed by atoms with van der Waals surface area (Å²) in [7, 11) is -2.01. The molecule has 1 heterocycles. The normalized spacial score (nSPS) is 14.3. The van der Waals surface area contributed by atoms with E-state index in [0.717, 1.165) is 5.56 Å². The Bertz CT molecular complexity index is 934. The molecule has 1 aliphatic rings. The first-order chi connectivity index (χ1) is 13.4. The maximum Gasteiger partial charge on any atom is 1.00 e. The fourth-order valence-electron chi connectivity index (χ4n) is 2.91. The van der Waals surface area contributed by atoms with Gasteiger partial charge in [-0.1, -0.05) is 37.8 Å². The van der Waals surface area contributed by atoms with Crippen molar-refractivity contribution >= 4 is 22.3 Å². The molecule has 1 unspecified atom stereocenters. The van der Waals surface area contributed by atoms with E-state index in [2.05, 4.69) is 9.97 Å². The number of hydrogen-bond donors (Lipinski definition) is 0. The Labute approximate surface area is 220 Å². The van der Waals surface area contributed by atoms with Crippen LogP contribution in [0.2, 0.25) is 0 Å². The van der Waals surface area contributed by atoms with Crippen LogP contribution >= 0.6 is 0 Å². The van der Waals surface area contributed by atoms with Crippen molar-refractivity contribution in [1.82, 2.24) is 9.97 Å². The van der Waals surface area contributed by atoms with Crippen LogP contribution in [-0.2, 0) is 21.4 Å². The Morgan fingerprint density at radius 3 is 2.33 bits per heavy atom. The van der Waals surface area contributed by atoms with Crippen LogP contribution < -0.4 is 60.4 Å². The molecule has 0 aliphatic heterocycles. The van der Waals surface area contributed by atoms with Gasteiger partial charge in [-0.3, -0.25) is 6.29 Å². The molecule has 1 atom stereocenters. The second kappa shape index (κ2) is 11.7. The first-order valence-corrected chi connectivity index (χ1v) is 10.7. The summed E-state index contributed by atoms with van der Waals surface area (Å²) in [6.07, 6.45) is 4.77. The van der Waals surface area contributed by atoms with Gasteiger partial charge in [0.2, 0.25) is 16.0 Å². The van der Waals surface area contributed by atoms with Gasteiger partial charge in [0, 0.05) is 11.9 Å². The predicted octanol–water partition coefficient (Wildman–Crippen LogP) is -0.339. The standard InChI is InChI=1S/C20H24N3O4S.K.H2O/c1-14(2)18(13-24)19-10-11-21-20(22-19)23(28(25,26)17-8-9-17)12-15-4-6-16(27-3)7-5-15;;/h4-7,10-11,14,17-18H,8-9,12H2,1-3H3;;1H2/q-1;+1;/p-1. The van der Waals surface area contributed by atoms with Crippen molar-refractivity contribution in [2.45, 2.75) is 44.4 Å². The average molecular weight is 459 g/mol. The molecule has 1 aliphatic carbocycles. The van der Waals surface area contributed by atoms with Gasteiger partial charge in [-0.05, 0) is 36.6 Å². The van der Waals surface area contributed by atoms with Crippen LogP contribution in [0, 0.1) is 5.92 Å². The van der Waals surface area contributed by atoms with E-state index in [-0.39, 0.29) is 75.3 Å². The van der Waals surface area contributed by atoms with E-state index in [4.69, 9.17) is 4.74 Å². The van der Waals surface area contributed by atoms with Crippen LogP contribution in [0.25, 0.3) is 0 Å². The molecule has 0 amide bonds. The molecule has 1 aromatic carbocycles. The minimum atomic E-state index is -3.59. The first kappa shape index (κ1) is 27.2. The molecule has 1 N–H and O–H groups in total. The Balaban J connectivity index is 0.00000225. The second-order valence-corrected chi connectivity index (χ2v) is 9.36. The van der Waals surface area contributed by atoms with Crippen LogP contribution in [-0.4, -0.2) is 42.5 Å². The molecule has 0 radical (unpaired) electrons. The van der Waals surface area contributed by atoms with Crippen molar-refractivity contribution in [3.8, 4) is 5.75 Å². The van der Waals surface area contributed by atoms with E-state index in [1.807, 2.05) is 32.3 Å². The van der Waals surface area contributed by atoms with Gasteiger partial charge in [-0.15, -0.1) is 0 Å². The van der Waals surface area contributed by atoms with Crippen molar-refractivity contribution < 1.29 is 74.8 Å². The number of anilines is 1. The number of nitrogens with zero attached hydrogens (tertiary/aromatic N) is 3. The van der Waals surface area contributed by atoms with Gasteiger partial charge >= 0.3 is 51.4 Å². The third-order valence-corrected chi connectivity index (χ3v) is 6.96. The average Bonchev–Trinajstić information content (AvgIpc) is 3.53.